The number of thioether (sulfide) groups is 1. The van der Waals surface area contributed by atoms with Crippen LogP contribution in [0, 0.1) is 0 Å². The van der Waals surface area contributed by atoms with E-state index in [-0.39, 0.29) is 6.10 Å². The molecule has 1 aliphatic heterocycles. The lowest BCUT2D eigenvalue weighted by molar-refractivity contribution is 0.182. The van der Waals surface area contributed by atoms with Crippen LogP contribution < -0.4 is 5.32 Å². The number of rotatable bonds is 4. The van der Waals surface area contributed by atoms with Crippen LogP contribution in [0.3, 0.4) is 0 Å². The molecule has 3 heteroatoms. The maximum Gasteiger partial charge on any atom is 0.0524 e. The summed E-state index contributed by atoms with van der Waals surface area (Å²) < 4.78 is 0. The number of aliphatic hydroxyl groups excluding tert-OH is 1. The van der Waals surface area contributed by atoms with Gasteiger partial charge in [0.2, 0.25) is 0 Å². The van der Waals surface area contributed by atoms with E-state index in [1.807, 2.05) is 18.7 Å². The number of nitrogens with one attached hydrogen (secondary N) is 1. The predicted molar refractivity (Wildman–Crippen MR) is 54.6 cm³/mol. The summed E-state index contributed by atoms with van der Waals surface area (Å²) in [5.41, 5.74) is 0. The van der Waals surface area contributed by atoms with Crippen molar-refractivity contribution in [2.24, 2.45) is 0 Å². The molecule has 0 amide bonds. The third kappa shape index (κ3) is 4.33. The average molecular weight is 189 g/mol. The second-order valence-electron chi connectivity index (χ2n) is 3.48. The zero-order valence-corrected chi connectivity index (χ0v) is 8.57. The minimum absolute atomic E-state index is 0.157. The summed E-state index contributed by atoms with van der Waals surface area (Å²) in [6.45, 7) is 2.81. The Morgan fingerprint density at radius 3 is 2.75 bits per heavy atom. The van der Waals surface area contributed by atoms with E-state index in [1.54, 1.807) is 0 Å². The van der Waals surface area contributed by atoms with Crippen LogP contribution in [0.4, 0.5) is 0 Å². The van der Waals surface area contributed by atoms with Crippen LogP contribution in [0.15, 0.2) is 0 Å². The molecule has 1 fully saturated rings. The summed E-state index contributed by atoms with van der Waals surface area (Å²) in [6.07, 6.45) is 3.31. The molecule has 2 nitrogen and oxygen atoms in total. The Balaban J connectivity index is 1.98. The Morgan fingerprint density at radius 1 is 1.50 bits per heavy atom. The van der Waals surface area contributed by atoms with Crippen LogP contribution in [-0.2, 0) is 0 Å². The first-order valence-electron chi connectivity index (χ1n) is 4.78. The largest absolute Gasteiger partial charge is 0.393 e. The van der Waals surface area contributed by atoms with Gasteiger partial charge >= 0.3 is 0 Å². The zero-order chi connectivity index (χ0) is 8.81. The van der Waals surface area contributed by atoms with E-state index in [4.69, 9.17) is 5.11 Å². The van der Waals surface area contributed by atoms with E-state index in [9.17, 15) is 0 Å². The average Bonchev–Trinajstić information content (AvgIpc) is 2.05. The topological polar surface area (TPSA) is 32.3 Å². The number of hydrogen-bond donors (Lipinski definition) is 2. The third-order valence-corrected chi connectivity index (χ3v) is 3.27. The van der Waals surface area contributed by atoms with Crippen LogP contribution in [0.25, 0.3) is 0 Å². The third-order valence-electron chi connectivity index (χ3n) is 2.22. The minimum atomic E-state index is -0.157. The van der Waals surface area contributed by atoms with E-state index >= 15 is 0 Å². The van der Waals surface area contributed by atoms with Crippen molar-refractivity contribution >= 4 is 11.8 Å². The molecular weight excluding hydrogens is 170 g/mol. The van der Waals surface area contributed by atoms with Crippen LogP contribution in [0.2, 0.25) is 0 Å². The highest BCUT2D eigenvalue weighted by Gasteiger charge is 2.12. The van der Waals surface area contributed by atoms with Gasteiger partial charge in [0.15, 0.2) is 0 Å². The molecule has 12 heavy (non-hydrogen) atoms. The fraction of sp³-hybridized carbons (Fsp3) is 1.00. The van der Waals surface area contributed by atoms with Crippen molar-refractivity contribution in [1.29, 1.82) is 0 Å². The lowest BCUT2D eigenvalue weighted by Crippen LogP contribution is -2.34. The van der Waals surface area contributed by atoms with Gasteiger partial charge in [-0.3, -0.25) is 0 Å². The normalized spacial score (nSPS) is 22.5. The molecule has 0 unspecified atom stereocenters. The monoisotopic (exact) mass is 189 g/mol. The van der Waals surface area contributed by atoms with Crippen LogP contribution >= 0.6 is 11.8 Å². The number of aliphatic hydroxyl groups is 1. The van der Waals surface area contributed by atoms with E-state index in [0.29, 0.717) is 6.04 Å². The van der Waals surface area contributed by atoms with Crippen LogP contribution in [-0.4, -0.2) is 35.3 Å². The molecule has 0 radical (unpaired) electrons. The molecule has 1 saturated heterocycles. The Kier molecular flexibility index (Phi) is 5.04. The lowest BCUT2D eigenvalue weighted by atomic mass is 10.1. The highest BCUT2D eigenvalue weighted by atomic mass is 32.2. The second-order valence-corrected chi connectivity index (χ2v) is 4.70. The minimum Gasteiger partial charge on any atom is -0.393 e. The fourth-order valence-corrected chi connectivity index (χ4v) is 2.50. The van der Waals surface area contributed by atoms with Crippen molar-refractivity contribution in [3.63, 3.8) is 0 Å². The standard InChI is InChI=1S/C9H19NOS/c1-8(11)2-5-10-9-3-6-12-7-4-9/h8-11H,2-7H2,1H3/t8-/m0/s1. The first-order valence-corrected chi connectivity index (χ1v) is 5.93. The van der Waals surface area contributed by atoms with Crippen molar-refractivity contribution in [3.8, 4) is 0 Å². The Hall–Kier alpha value is 0.270. The molecule has 0 aromatic rings. The zero-order valence-electron chi connectivity index (χ0n) is 7.75. The van der Waals surface area contributed by atoms with Crippen molar-refractivity contribution < 1.29 is 5.11 Å². The molecule has 1 aliphatic rings. The molecule has 0 spiro atoms. The summed E-state index contributed by atoms with van der Waals surface area (Å²) >= 11 is 2.05. The highest BCUT2D eigenvalue weighted by molar-refractivity contribution is 7.99. The van der Waals surface area contributed by atoms with Gasteiger partial charge < -0.3 is 10.4 Å². The van der Waals surface area contributed by atoms with Gasteiger partial charge in [0.05, 0.1) is 6.10 Å². The Morgan fingerprint density at radius 2 is 2.17 bits per heavy atom. The van der Waals surface area contributed by atoms with E-state index in [2.05, 4.69) is 5.32 Å². The maximum atomic E-state index is 9.04. The summed E-state index contributed by atoms with van der Waals surface area (Å²) in [4.78, 5) is 0. The number of hydrogen-bond acceptors (Lipinski definition) is 3. The van der Waals surface area contributed by atoms with Crippen LogP contribution in [0.1, 0.15) is 26.2 Å². The summed E-state index contributed by atoms with van der Waals surface area (Å²) in [5, 5.41) is 12.5. The van der Waals surface area contributed by atoms with Crippen molar-refractivity contribution in [2.75, 3.05) is 18.1 Å². The molecule has 72 valence electrons. The fourth-order valence-electron chi connectivity index (χ4n) is 1.40. The molecule has 0 aromatic carbocycles. The second kappa shape index (κ2) is 5.84. The quantitative estimate of drug-likeness (QED) is 0.698. The first kappa shape index (κ1) is 10.4. The Bertz CT molecular complexity index is 113. The van der Waals surface area contributed by atoms with Gasteiger partial charge in [0.25, 0.3) is 0 Å². The molecule has 0 bridgehead atoms. The van der Waals surface area contributed by atoms with Gasteiger partial charge in [-0.25, -0.2) is 0 Å². The summed E-state index contributed by atoms with van der Waals surface area (Å²) in [6, 6.07) is 0.713. The molecule has 0 saturated carbocycles. The van der Waals surface area contributed by atoms with E-state index < -0.39 is 0 Å². The lowest BCUT2D eigenvalue weighted by Gasteiger charge is -2.22. The first-order chi connectivity index (χ1) is 5.79. The van der Waals surface area contributed by atoms with Gasteiger partial charge in [-0.1, -0.05) is 0 Å². The molecule has 0 aromatic heterocycles. The molecule has 1 rings (SSSR count). The molecular formula is C9H19NOS. The predicted octanol–water partition coefficient (Wildman–Crippen LogP) is 1.24. The molecule has 1 heterocycles. The van der Waals surface area contributed by atoms with E-state index in [1.165, 1.54) is 24.3 Å². The highest BCUT2D eigenvalue weighted by Crippen LogP contribution is 2.16. The smallest absolute Gasteiger partial charge is 0.0524 e. The SMILES string of the molecule is C[C@H](O)CCNC1CCSCC1. The van der Waals surface area contributed by atoms with Gasteiger partial charge in [-0.2, -0.15) is 11.8 Å². The molecule has 2 N–H and O–H groups in total. The maximum absolute atomic E-state index is 9.04. The summed E-state index contributed by atoms with van der Waals surface area (Å²) in [7, 11) is 0. The van der Waals surface area contributed by atoms with Crippen molar-refractivity contribution in [1.82, 2.24) is 5.32 Å². The Labute approximate surface area is 79.1 Å². The van der Waals surface area contributed by atoms with Gasteiger partial charge in [-0.05, 0) is 44.2 Å². The molecule has 1 atom stereocenters. The van der Waals surface area contributed by atoms with Crippen LogP contribution in [0.5, 0.6) is 0 Å². The van der Waals surface area contributed by atoms with E-state index in [0.717, 1.165) is 13.0 Å². The van der Waals surface area contributed by atoms with Crippen molar-refractivity contribution in [3.05, 3.63) is 0 Å². The van der Waals surface area contributed by atoms with Gasteiger partial charge in [-0.15, -0.1) is 0 Å². The van der Waals surface area contributed by atoms with Gasteiger partial charge in [0, 0.05) is 6.04 Å². The van der Waals surface area contributed by atoms with Gasteiger partial charge in [0.1, 0.15) is 0 Å². The molecule has 0 aliphatic carbocycles. The van der Waals surface area contributed by atoms with Crippen molar-refractivity contribution in [2.45, 2.75) is 38.3 Å². The summed E-state index contributed by atoms with van der Waals surface area (Å²) in [5.74, 6) is 2.60.